The molecular weight excluding hydrogens is 325 g/mol. The molecule has 1 aromatic carbocycles. The summed E-state index contributed by atoms with van der Waals surface area (Å²) in [6, 6.07) is 4.93. The van der Waals surface area contributed by atoms with Crippen LogP contribution in [0.15, 0.2) is 18.2 Å². The molecule has 0 radical (unpaired) electrons. The van der Waals surface area contributed by atoms with Crippen molar-refractivity contribution in [2.45, 2.75) is 32.0 Å². The van der Waals surface area contributed by atoms with Crippen molar-refractivity contribution >= 4 is 29.2 Å². The van der Waals surface area contributed by atoms with Crippen molar-refractivity contribution in [3.05, 3.63) is 28.2 Å². The van der Waals surface area contributed by atoms with Crippen LogP contribution >= 0.6 is 23.2 Å². The second-order valence-corrected chi connectivity index (χ2v) is 6.76. The number of ether oxygens (including phenoxy) is 2. The van der Waals surface area contributed by atoms with Gasteiger partial charge in [-0.3, -0.25) is 4.90 Å². The van der Waals surface area contributed by atoms with Gasteiger partial charge in [-0.1, -0.05) is 23.2 Å². The van der Waals surface area contributed by atoms with Gasteiger partial charge in [0.2, 0.25) is 0 Å². The number of fused-ring (bicyclic) bond motifs is 3. The Kier molecular flexibility index (Phi) is 4.81. The van der Waals surface area contributed by atoms with Gasteiger partial charge in [-0.2, -0.15) is 0 Å². The fourth-order valence-electron chi connectivity index (χ4n) is 3.09. The van der Waals surface area contributed by atoms with Crippen LogP contribution in [0.2, 0.25) is 10.0 Å². The van der Waals surface area contributed by atoms with Crippen molar-refractivity contribution in [3.63, 3.8) is 0 Å². The highest BCUT2D eigenvalue weighted by atomic mass is 35.5. The van der Waals surface area contributed by atoms with Gasteiger partial charge in [-0.25, -0.2) is 4.79 Å². The maximum atomic E-state index is 12.2. The summed E-state index contributed by atoms with van der Waals surface area (Å²) in [5.74, 6) is 0.670. The monoisotopic (exact) mass is 343 g/mol. The minimum absolute atomic E-state index is 0.00476. The normalized spacial score (nSPS) is 28.2. The average Bonchev–Trinajstić information content (AvgIpc) is 2.52. The molecule has 0 N–H and O–H groups in total. The molecular formula is C16H19Cl2NO3. The highest BCUT2D eigenvalue weighted by Crippen LogP contribution is 2.30. The first-order chi connectivity index (χ1) is 10.5. The summed E-state index contributed by atoms with van der Waals surface area (Å²) in [7, 11) is 0. The van der Waals surface area contributed by atoms with Crippen LogP contribution in [-0.2, 0) is 9.53 Å². The molecule has 6 heteroatoms. The molecule has 4 rings (SSSR count). The maximum Gasteiger partial charge on any atom is 0.347 e. The summed E-state index contributed by atoms with van der Waals surface area (Å²) >= 11 is 11.8. The molecule has 3 saturated heterocycles. The highest BCUT2D eigenvalue weighted by Gasteiger charge is 2.37. The Morgan fingerprint density at radius 1 is 1.27 bits per heavy atom. The van der Waals surface area contributed by atoms with Crippen molar-refractivity contribution in [1.82, 2.24) is 4.90 Å². The lowest BCUT2D eigenvalue weighted by atomic mass is 9.86. The zero-order chi connectivity index (χ0) is 15.7. The number of benzene rings is 1. The number of hydrogen-bond acceptors (Lipinski definition) is 4. The van der Waals surface area contributed by atoms with Crippen LogP contribution in [0.5, 0.6) is 5.75 Å². The predicted octanol–water partition coefficient (Wildman–Crippen LogP) is 3.40. The summed E-state index contributed by atoms with van der Waals surface area (Å²) in [5.41, 5.74) is 0. The third kappa shape index (κ3) is 3.50. The van der Waals surface area contributed by atoms with Gasteiger partial charge in [0.15, 0.2) is 6.10 Å². The van der Waals surface area contributed by atoms with Crippen LogP contribution in [0, 0.1) is 5.92 Å². The fraction of sp³-hybridized carbons (Fsp3) is 0.562. The number of halogens is 2. The molecule has 1 unspecified atom stereocenters. The van der Waals surface area contributed by atoms with Gasteiger partial charge >= 0.3 is 5.97 Å². The molecule has 0 aliphatic carbocycles. The van der Waals surface area contributed by atoms with E-state index in [9.17, 15) is 4.79 Å². The van der Waals surface area contributed by atoms with Crippen LogP contribution in [0.1, 0.15) is 19.8 Å². The summed E-state index contributed by atoms with van der Waals surface area (Å²) in [6.07, 6.45) is 1.54. The minimum atomic E-state index is -0.673. The number of esters is 1. The number of carbonyl (C=O) groups is 1. The Morgan fingerprint density at radius 2 is 2.00 bits per heavy atom. The van der Waals surface area contributed by atoms with Crippen LogP contribution in [0.25, 0.3) is 0 Å². The molecule has 3 aliphatic heterocycles. The number of nitrogens with zero attached hydrogens (tertiary/aromatic N) is 1. The van der Waals surface area contributed by atoms with Gasteiger partial charge in [-0.05, 0) is 50.9 Å². The molecule has 0 aromatic heterocycles. The Balaban J connectivity index is 1.56. The molecule has 2 atom stereocenters. The van der Waals surface area contributed by atoms with E-state index in [-0.39, 0.29) is 12.1 Å². The summed E-state index contributed by atoms with van der Waals surface area (Å²) < 4.78 is 11.3. The van der Waals surface area contributed by atoms with Gasteiger partial charge in [0, 0.05) is 12.6 Å². The Labute approximate surface area is 140 Å². The Morgan fingerprint density at radius 3 is 2.59 bits per heavy atom. The number of piperidine rings is 3. The molecule has 120 valence electrons. The van der Waals surface area contributed by atoms with Gasteiger partial charge < -0.3 is 9.47 Å². The molecule has 3 fully saturated rings. The summed E-state index contributed by atoms with van der Waals surface area (Å²) in [4.78, 5) is 14.6. The Hall–Kier alpha value is -0.970. The summed E-state index contributed by atoms with van der Waals surface area (Å²) in [6.45, 7) is 4.77. The van der Waals surface area contributed by atoms with E-state index in [1.807, 2.05) is 0 Å². The first-order valence-corrected chi connectivity index (χ1v) is 8.33. The zero-order valence-electron chi connectivity index (χ0n) is 12.4. The molecule has 0 spiro atoms. The third-order valence-electron chi connectivity index (χ3n) is 4.40. The number of rotatable bonds is 4. The molecule has 3 aliphatic rings. The highest BCUT2D eigenvalue weighted by molar-refractivity contribution is 6.42. The van der Waals surface area contributed by atoms with E-state index in [2.05, 4.69) is 4.90 Å². The molecule has 22 heavy (non-hydrogen) atoms. The molecule has 2 bridgehead atoms. The zero-order valence-corrected chi connectivity index (χ0v) is 13.9. The van der Waals surface area contributed by atoms with Crippen LogP contribution in [0.3, 0.4) is 0 Å². The SMILES string of the molecule is CC(Oc1ccc(Cl)c(Cl)c1)C(=O)O[C@@H]1CN2CCC1CC2. The largest absolute Gasteiger partial charge is 0.479 e. The first-order valence-electron chi connectivity index (χ1n) is 7.57. The van der Waals surface area contributed by atoms with Gasteiger partial charge in [0.25, 0.3) is 0 Å². The number of hydrogen-bond donors (Lipinski definition) is 0. The lowest BCUT2D eigenvalue weighted by molar-refractivity contribution is -0.166. The standard InChI is InChI=1S/C16H19Cl2NO3/c1-10(21-12-2-3-13(17)14(18)8-12)16(20)22-15-9-19-6-4-11(15)5-7-19/h2-3,8,10-11,15H,4-7,9H2,1H3/t10?,15-/m1/s1. The first kappa shape index (κ1) is 15.9. The van der Waals surface area contributed by atoms with Crippen molar-refractivity contribution in [1.29, 1.82) is 0 Å². The number of carbonyl (C=O) groups excluding carboxylic acids is 1. The smallest absolute Gasteiger partial charge is 0.347 e. The average molecular weight is 344 g/mol. The quantitative estimate of drug-likeness (QED) is 0.785. The van der Waals surface area contributed by atoms with Crippen molar-refractivity contribution in [2.75, 3.05) is 19.6 Å². The second kappa shape index (κ2) is 6.65. The van der Waals surface area contributed by atoms with E-state index in [1.54, 1.807) is 25.1 Å². The fourth-order valence-corrected chi connectivity index (χ4v) is 3.38. The third-order valence-corrected chi connectivity index (χ3v) is 5.14. The van der Waals surface area contributed by atoms with Crippen LogP contribution < -0.4 is 4.74 Å². The van der Waals surface area contributed by atoms with Gasteiger partial charge in [0.1, 0.15) is 11.9 Å². The van der Waals surface area contributed by atoms with Gasteiger partial charge in [-0.15, -0.1) is 0 Å². The maximum absolute atomic E-state index is 12.2. The van der Waals surface area contributed by atoms with E-state index in [0.717, 1.165) is 32.5 Å². The molecule has 4 nitrogen and oxygen atoms in total. The molecule has 1 aromatic rings. The van der Waals surface area contributed by atoms with E-state index in [4.69, 9.17) is 32.7 Å². The second-order valence-electron chi connectivity index (χ2n) is 5.95. The van der Waals surface area contributed by atoms with E-state index >= 15 is 0 Å². The predicted molar refractivity (Wildman–Crippen MR) is 85.6 cm³/mol. The van der Waals surface area contributed by atoms with Gasteiger partial charge in [0.05, 0.1) is 10.0 Å². The lowest BCUT2D eigenvalue weighted by Gasteiger charge is -2.44. The molecule has 3 heterocycles. The minimum Gasteiger partial charge on any atom is -0.479 e. The van der Waals surface area contributed by atoms with Crippen molar-refractivity contribution < 1.29 is 14.3 Å². The molecule has 0 amide bonds. The van der Waals surface area contributed by atoms with E-state index in [1.165, 1.54) is 0 Å². The van der Waals surface area contributed by atoms with Crippen molar-refractivity contribution in [3.8, 4) is 5.75 Å². The van der Waals surface area contributed by atoms with E-state index in [0.29, 0.717) is 21.7 Å². The van der Waals surface area contributed by atoms with E-state index < -0.39 is 6.10 Å². The lowest BCUT2D eigenvalue weighted by Crippen LogP contribution is -2.52. The van der Waals surface area contributed by atoms with Crippen molar-refractivity contribution in [2.24, 2.45) is 5.92 Å². The summed E-state index contributed by atoms with van der Waals surface area (Å²) in [5, 5.41) is 0.855. The topological polar surface area (TPSA) is 38.8 Å². The van der Waals surface area contributed by atoms with Crippen LogP contribution in [0.4, 0.5) is 0 Å². The Bertz CT molecular complexity index is 558. The molecule has 0 saturated carbocycles. The van der Waals surface area contributed by atoms with Crippen LogP contribution in [-0.4, -0.2) is 42.7 Å².